The summed E-state index contributed by atoms with van der Waals surface area (Å²) in [5.74, 6) is -3.17. The van der Waals surface area contributed by atoms with Crippen molar-refractivity contribution in [1.29, 1.82) is 0 Å². The average molecular weight is 1230 g/mol. The van der Waals surface area contributed by atoms with Crippen molar-refractivity contribution in [3.8, 4) is 67.5 Å². The van der Waals surface area contributed by atoms with E-state index in [1.165, 1.54) is 12.1 Å². The summed E-state index contributed by atoms with van der Waals surface area (Å²) in [5, 5.41) is 25.6. The van der Waals surface area contributed by atoms with Crippen LogP contribution in [0.5, 0.6) is 23.0 Å². The van der Waals surface area contributed by atoms with Crippen LogP contribution < -0.4 is 9.47 Å². The van der Waals surface area contributed by atoms with Gasteiger partial charge in [-0.25, -0.2) is 0 Å². The second-order valence-electron chi connectivity index (χ2n) is 31.2. The number of halogens is 4. The zero-order chi connectivity index (χ0) is 62.9. The molecule has 0 radical (unpaired) electrons. The SMILES string of the molecule is Cc1cc(-c2cc(C(C)(C)C)cc(C(C)(C)C)c2)c(O)c(-c2c(O[CH2][Ge]([CH2]Oc3cc(F)c(C4(C)CCCCC4)c(F)c3-c3cc(C)cc(-c4cc(C(C)(C)C)cc(C(C)(C)C)c4)c3O)([CH](C)C)[CH](C)C)cc(F)c(C3(C)CCCCC3)c2F)c1. The first kappa shape index (κ1) is 65.8. The number of rotatable bonds is 14. The molecule has 2 aliphatic carbocycles. The monoisotopic (exact) mass is 1230 g/mol. The van der Waals surface area contributed by atoms with E-state index in [4.69, 9.17) is 9.47 Å². The fraction of sp³-hybridized carbons (Fsp3) is 0.526. The Morgan fingerprint density at radius 3 is 0.988 bits per heavy atom. The zero-order valence-electron chi connectivity index (χ0n) is 55.3. The maximum atomic E-state index is 18.4. The fourth-order valence-electron chi connectivity index (χ4n) is 13.7. The molecule has 0 saturated heterocycles. The molecule has 8 rings (SSSR count). The molecule has 2 fully saturated rings. The molecule has 2 saturated carbocycles. The molecule has 0 bridgehead atoms. The van der Waals surface area contributed by atoms with Crippen LogP contribution >= 0.6 is 0 Å². The molecule has 0 heterocycles. The molecule has 9 heteroatoms. The van der Waals surface area contributed by atoms with E-state index < -0.39 is 47.4 Å². The predicted molar refractivity (Wildman–Crippen MR) is 350 cm³/mol. The topological polar surface area (TPSA) is 58.9 Å². The average Bonchev–Trinajstić information content (AvgIpc) is 2.69. The molecule has 2 N–H and O–H groups in total. The van der Waals surface area contributed by atoms with E-state index in [1.54, 1.807) is 12.1 Å². The number of benzene rings is 6. The van der Waals surface area contributed by atoms with Crippen LogP contribution in [0.15, 0.2) is 72.8 Å². The van der Waals surface area contributed by atoms with E-state index in [1.807, 2.05) is 39.8 Å². The van der Waals surface area contributed by atoms with Gasteiger partial charge in [-0.3, -0.25) is 0 Å². The maximum absolute atomic E-state index is 18.4. The van der Waals surface area contributed by atoms with E-state index >= 15 is 17.6 Å². The second kappa shape index (κ2) is 24.0. The Morgan fingerprint density at radius 1 is 0.435 bits per heavy atom. The number of phenolic OH excluding ortho intramolecular Hbond substituents is 2. The van der Waals surface area contributed by atoms with Crippen LogP contribution in [0.1, 0.15) is 233 Å². The zero-order valence-corrected chi connectivity index (χ0v) is 57.4. The number of ether oxygens (including phenoxy) is 2. The second-order valence-corrected chi connectivity index (χ2v) is 42.5. The molecular formula is C76H100F4GeO4. The molecule has 0 spiro atoms. The van der Waals surface area contributed by atoms with Crippen LogP contribution in [0.2, 0.25) is 9.50 Å². The number of aromatic hydroxyl groups is 2. The van der Waals surface area contributed by atoms with Crippen LogP contribution in [0, 0.1) is 37.1 Å². The van der Waals surface area contributed by atoms with Crippen LogP contribution in [0.4, 0.5) is 17.6 Å². The van der Waals surface area contributed by atoms with E-state index in [2.05, 4.69) is 147 Å². The quantitative estimate of drug-likeness (QED) is 0.0843. The minimum atomic E-state index is -3.83. The summed E-state index contributed by atoms with van der Waals surface area (Å²) >= 11 is -3.83. The summed E-state index contributed by atoms with van der Waals surface area (Å²) in [6.45, 7) is 42.2. The van der Waals surface area contributed by atoms with Crippen molar-refractivity contribution in [2.45, 2.75) is 245 Å². The van der Waals surface area contributed by atoms with Crippen molar-refractivity contribution in [2.24, 2.45) is 0 Å². The Morgan fingerprint density at radius 2 is 0.718 bits per heavy atom. The van der Waals surface area contributed by atoms with Crippen LogP contribution in [-0.4, -0.2) is 34.4 Å². The molecule has 2 aliphatic rings. The molecule has 6 aromatic carbocycles. The van der Waals surface area contributed by atoms with Gasteiger partial charge in [0, 0.05) is 0 Å². The number of aryl methyl sites for hydroxylation is 2. The van der Waals surface area contributed by atoms with Gasteiger partial charge < -0.3 is 0 Å². The summed E-state index contributed by atoms with van der Waals surface area (Å²) in [6.07, 6.45) is 7.80. The van der Waals surface area contributed by atoms with Gasteiger partial charge in [0.05, 0.1) is 0 Å². The minimum absolute atomic E-state index is 0.00464. The summed E-state index contributed by atoms with van der Waals surface area (Å²) in [6, 6.07) is 22.9. The fourth-order valence-corrected chi connectivity index (χ4v) is 21.2. The summed E-state index contributed by atoms with van der Waals surface area (Å²) in [4.78, 5) is 0. The molecule has 0 unspecified atom stereocenters. The Balaban J connectivity index is 1.30. The number of hydrogen-bond acceptors (Lipinski definition) is 4. The first-order valence-corrected chi connectivity index (χ1v) is 37.0. The molecule has 460 valence electrons. The molecule has 0 atom stereocenters. The summed E-state index contributed by atoms with van der Waals surface area (Å²) < 4.78 is 85.4. The number of phenols is 2. The van der Waals surface area contributed by atoms with Gasteiger partial charge in [0.25, 0.3) is 0 Å². The van der Waals surface area contributed by atoms with Crippen LogP contribution in [0.3, 0.4) is 0 Å². The van der Waals surface area contributed by atoms with Gasteiger partial charge in [-0.1, -0.05) is 0 Å². The summed E-state index contributed by atoms with van der Waals surface area (Å²) in [5.41, 5.74) is 6.73. The third kappa shape index (κ3) is 13.3. The third-order valence-corrected chi connectivity index (χ3v) is 32.3. The van der Waals surface area contributed by atoms with E-state index in [-0.39, 0.29) is 98.4 Å². The van der Waals surface area contributed by atoms with Gasteiger partial charge in [0.2, 0.25) is 0 Å². The van der Waals surface area contributed by atoms with E-state index in [0.717, 1.165) is 83.0 Å². The standard InChI is InChI=1S/C76H100F4GeO4/c1-45(2)81(46(3)4,43-84-61-41-59(77)65(75(19)27-23-21-24-28-75)67(79)63(61)57-33-47(5)31-55(69(57)82)49-35-51(71(7,8)9)39-52(36-49)72(10,11)12)44-85-62-42-60(78)66(76(20)29-25-22-26-30-76)68(80)64(62)58-34-48(6)32-56(70(58)83)50-37-53(73(13,14)15)40-54(38-50)74(16,17)18/h31-42,45-46,82-83H,21-30,43-44H2,1-20H3. The van der Waals surface area contributed by atoms with Crippen molar-refractivity contribution in [1.82, 2.24) is 0 Å². The normalized spacial score (nSPS) is 16.1. The molecule has 6 aromatic rings. The van der Waals surface area contributed by atoms with Crippen molar-refractivity contribution in [3.63, 3.8) is 0 Å². The molecule has 4 nitrogen and oxygen atoms in total. The van der Waals surface area contributed by atoms with Crippen molar-refractivity contribution in [3.05, 3.63) is 141 Å². The predicted octanol–water partition coefficient (Wildman–Crippen LogP) is 22.4. The first-order chi connectivity index (χ1) is 39.3. The van der Waals surface area contributed by atoms with E-state index in [9.17, 15) is 10.2 Å². The van der Waals surface area contributed by atoms with Gasteiger partial charge in [-0.15, -0.1) is 0 Å². The van der Waals surface area contributed by atoms with Crippen molar-refractivity contribution in [2.75, 3.05) is 10.9 Å². The Hall–Kier alpha value is -5.22. The number of hydrogen-bond donors (Lipinski definition) is 2. The molecule has 0 aromatic heterocycles. The summed E-state index contributed by atoms with van der Waals surface area (Å²) in [7, 11) is 0. The molecule has 0 aliphatic heterocycles. The molecule has 0 amide bonds. The Kier molecular flexibility index (Phi) is 18.6. The molecule has 85 heavy (non-hydrogen) atoms. The Bertz CT molecular complexity index is 3160. The Labute approximate surface area is 511 Å². The van der Waals surface area contributed by atoms with Gasteiger partial charge in [0.15, 0.2) is 0 Å². The van der Waals surface area contributed by atoms with Gasteiger partial charge in [-0.2, -0.15) is 0 Å². The van der Waals surface area contributed by atoms with Crippen molar-refractivity contribution >= 4 is 13.3 Å². The first-order valence-electron chi connectivity index (χ1n) is 31.6. The van der Waals surface area contributed by atoms with Gasteiger partial charge >= 0.3 is 514 Å². The van der Waals surface area contributed by atoms with E-state index in [0.29, 0.717) is 36.8 Å². The van der Waals surface area contributed by atoms with Crippen LogP contribution in [0.25, 0.3) is 44.5 Å². The third-order valence-electron chi connectivity index (χ3n) is 19.8. The van der Waals surface area contributed by atoms with Crippen molar-refractivity contribution < 1.29 is 37.2 Å². The van der Waals surface area contributed by atoms with Gasteiger partial charge in [0.1, 0.15) is 0 Å². The van der Waals surface area contributed by atoms with Gasteiger partial charge in [-0.05, 0) is 0 Å². The van der Waals surface area contributed by atoms with Crippen LogP contribution in [-0.2, 0) is 32.5 Å². The molecular weight excluding hydrogens is 1130 g/mol.